The molecule has 0 amide bonds. The largest absolute Gasteiger partial charge is 0.473 e. The van der Waals surface area contributed by atoms with Crippen LogP contribution in [0, 0.1) is 0 Å². The molecule has 1 rings (SSSR count). The van der Waals surface area contributed by atoms with Crippen molar-refractivity contribution < 1.29 is 42.1 Å². The first-order chi connectivity index (χ1) is 10.0. The number of rotatable bonds is 2. The van der Waals surface area contributed by atoms with Gasteiger partial charge >= 0.3 is 24.1 Å². The van der Waals surface area contributed by atoms with Gasteiger partial charge in [0.1, 0.15) is 5.56 Å². The summed E-state index contributed by atoms with van der Waals surface area (Å²) >= 11 is 11.0. The Morgan fingerprint density at radius 3 is 2.14 bits per heavy atom. The number of carboxylic acid groups (broad SMARTS) is 1. The number of aliphatic carboxylic acids is 1. The molecule has 0 spiro atoms. The first-order valence-electron chi connectivity index (χ1n) is 5.13. The van der Waals surface area contributed by atoms with Gasteiger partial charge in [0.15, 0.2) is 5.75 Å². The van der Waals surface area contributed by atoms with Crippen molar-refractivity contribution in [3.63, 3.8) is 0 Å². The third-order valence-electron chi connectivity index (χ3n) is 2.23. The lowest BCUT2D eigenvalue weighted by atomic mass is 10.1. The number of carbonyl (C=O) groups is 3. The van der Waals surface area contributed by atoms with Crippen LogP contribution in [-0.2, 0) is 20.5 Å². The Labute approximate surface area is 130 Å². The maximum Gasteiger partial charge on any atom is 0.422 e. The quantitative estimate of drug-likeness (QED) is 0.495. The number of ether oxygens (including phenoxy) is 2. The molecule has 1 N–H and O–H groups in total. The molecule has 0 fully saturated rings. The zero-order valence-electron chi connectivity index (χ0n) is 10.5. The molecule has 11 heteroatoms. The van der Waals surface area contributed by atoms with Gasteiger partial charge < -0.3 is 14.6 Å². The molecule has 0 aromatic heterocycles. The molecule has 0 saturated heterocycles. The van der Waals surface area contributed by atoms with Gasteiger partial charge in [-0.3, -0.25) is 0 Å². The normalized spacial score (nSPS) is 11.0. The molecule has 0 aliphatic rings. The van der Waals surface area contributed by atoms with Gasteiger partial charge in [0.05, 0.1) is 22.7 Å². The Hall–Kier alpha value is -2.00. The van der Waals surface area contributed by atoms with E-state index < -0.39 is 51.0 Å². The van der Waals surface area contributed by atoms with E-state index in [0.29, 0.717) is 6.07 Å². The van der Waals surface area contributed by atoms with Crippen LogP contribution in [0.2, 0.25) is 10.0 Å². The molecular formula is C11H5Cl2F3O6. The molecule has 0 aliphatic carbocycles. The van der Waals surface area contributed by atoms with Crippen LogP contribution >= 0.6 is 23.2 Å². The minimum atomic E-state index is -5.12. The van der Waals surface area contributed by atoms with Crippen molar-refractivity contribution in [2.75, 3.05) is 7.11 Å². The molecule has 0 bridgehead atoms. The second kappa shape index (κ2) is 6.41. The molecule has 1 aromatic rings. The topological polar surface area (TPSA) is 89.9 Å². The van der Waals surface area contributed by atoms with Gasteiger partial charge in [-0.15, -0.1) is 0 Å². The molecule has 0 saturated carbocycles. The van der Waals surface area contributed by atoms with E-state index >= 15 is 0 Å². The van der Waals surface area contributed by atoms with Crippen molar-refractivity contribution in [2.45, 2.75) is 6.18 Å². The first kappa shape index (κ1) is 18.1. The van der Waals surface area contributed by atoms with E-state index in [1.807, 2.05) is 0 Å². The second-order valence-electron chi connectivity index (χ2n) is 3.60. The van der Waals surface area contributed by atoms with Crippen LogP contribution in [0.3, 0.4) is 0 Å². The molecule has 22 heavy (non-hydrogen) atoms. The van der Waals surface area contributed by atoms with Gasteiger partial charge in [-0.1, -0.05) is 23.2 Å². The fraction of sp³-hybridized carbons (Fsp3) is 0.182. The average Bonchev–Trinajstić information content (AvgIpc) is 2.38. The lowest BCUT2D eigenvalue weighted by Crippen LogP contribution is -2.23. The SMILES string of the molecule is COC(=O)c1c(OC(=O)C(=O)O)c(Cl)cc(Cl)c1C(F)(F)F. The van der Waals surface area contributed by atoms with Gasteiger partial charge in [-0.2, -0.15) is 13.2 Å². The maximum atomic E-state index is 13.0. The third kappa shape index (κ3) is 3.60. The van der Waals surface area contributed by atoms with Crippen LogP contribution in [0.15, 0.2) is 6.07 Å². The molecule has 6 nitrogen and oxygen atoms in total. The Morgan fingerprint density at radius 1 is 1.18 bits per heavy atom. The first-order valence-corrected chi connectivity index (χ1v) is 5.88. The minimum Gasteiger partial charge on any atom is -0.473 e. The zero-order valence-corrected chi connectivity index (χ0v) is 12.0. The zero-order chi connectivity index (χ0) is 17.2. The summed E-state index contributed by atoms with van der Waals surface area (Å²) in [6.07, 6.45) is -5.12. The number of methoxy groups -OCH3 is 1. The summed E-state index contributed by atoms with van der Waals surface area (Å²) in [7, 11) is 0.764. The van der Waals surface area contributed by atoms with Crippen molar-refractivity contribution in [3.05, 3.63) is 27.2 Å². The predicted molar refractivity (Wildman–Crippen MR) is 66.1 cm³/mol. The highest BCUT2D eigenvalue weighted by molar-refractivity contribution is 6.37. The molecule has 0 unspecified atom stereocenters. The lowest BCUT2D eigenvalue weighted by molar-refractivity contribution is -0.158. The van der Waals surface area contributed by atoms with Crippen molar-refractivity contribution >= 4 is 41.1 Å². The molecule has 0 aliphatic heterocycles. The van der Waals surface area contributed by atoms with Crippen molar-refractivity contribution in [2.24, 2.45) is 0 Å². The smallest absolute Gasteiger partial charge is 0.422 e. The summed E-state index contributed by atoms with van der Waals surface area (Å²) in [4.78, 5) is 33.0. The Balaban J connectivity index is 3.71. The highest BCUT2D eigenvalue weighted by Gasteiger charge is 2.41. The van der Waals surface area contributed by atoms with E-state index in [1.165, 1.54) is 0 Å². The fourth-order valence-corrected chi connectivity index (χ4v) is 2.02. The van der Waals surface area contributed by atoms with E-state index in [4.69, 9.17) is 28.3 Å². The Morgan fingerprint density at radius 2 is 1.73 bits per heavy atom. The van der Waals surface area contributed by atoms with Gasteiger partial charge in [-0.05, 0) is 6.07 Å². The van der Waals surface area contributed by atoms with E-state index in [2.05, 4.69) is 9.47 Å². The third-order valence-corrected chi connectivity index (χ3v) is 2.81. The monoisotopic (exact) mass is 360 g/mol. The van der Waals surface area contributed by atoms with E-state index in [1.54, 1.807) is 0 Å². The fourth-order valence-electron chi connectivity index (χ4n) is 1.41. The van der Waals surface area contributed by atoms with Crippen LogP contribution < -0.4 is 4.74 Å². The van der Waals surface area contributed by atoms with Crippen LogP contribution in [0.5, 0.6) is 5.75 Å². The van der Waals surface area contributed by atoms with Crippen molar-refractivity contribution in [1.82, 2.24) is 0 Å². The maximum absolute atomic E-state index is 13.0. The van der Waals surface area contributed by atoms with E-state index in [9.17, 15) is 27.6 Å². The number of benzene rings is 1. The minimum absolute atomic E-state index is 0.558. The summed E-state index contributed by atoms with van der Waals surface area (Å²) < 4.78 is 47.5. The molecule has 0 atom stereocenters. The van der Waals surface area contributed by atoms with Gasteiger partial charge in [0.25, 0.3) is 0 Å². The number of carboxylic acids is 1. The number of hydrogen-bond donors (Lipinski definition) is 1. The summed E-state index contributed by atoms with van der Waals surface area (Å²) in [5.74, 6) is -6.72. The van der Waals surface area contributed by atoms with Gasteiger partial charge in [-0.25, -0.2) is 14.4 Å². The summed E-state index contributed by atoms with van der Waals surface area (Å²) in [5, 5.41) is 6.80. The number of halogens is 5. The highest BCUT2D eigenvalue weighted by atomic mass is 35.5. The molecule has 0 heterocycles. The number of carbonyl (C=O) groups excluding carboxylic acids is 2. The van der Waals surface area contributed by atoms with Gasteiger partial charge in [0.2, 0.25) is 0 Å². The van der Waals surface area contributed by atoms with Gasteiger partial charge in [0, 0.05) is 0 Å². The van der Waals surface area contributed by atoms with Crippen LogP contribution in [-0.4, -0.2) is 30.1 Å². The van der Waals surface area contributed by atoms with Crippen LogP contribution in [0.1, 0.15) is 15.9 Å². The van der Waals surface area contributed by atoms with E-state index in [-0.39, 0.29) is 0 Å². The Bertz CT molecular complexity index is 656. The predicted octanol–water partition coefficient (Wildman–Crippen LogP) is 2.79. The van der Waals surface area contributed by atoms with Crippen molar-refractivity contribution in [3.8, 4) is 5.75 Å². The summed E-state index contributed by atoms with van der Waals surface area (Å²) in [6.45, 7) is 0. The van der Waals surface area contributed by atoms with E-state index in [0.717, 1.165) is 7.11 Å². The number of esters is 2. The average molecular weight is 361 g/mol. The Kier molecular flexibility index (Phi) is 5.26. The van der Waals surface area contributed by atoms with Crippen LogP contribution in [0.25, 0.3) is 0 Å². The molecule has 0 radical (unpaired) electrons. The number of alkyl halides is 3. The second-order valence-corrected chi connectivity index (χ2v) is 4.42. The molecule has 120 valence electrons. The number of hydrogen-bond acceptors (Lipinski definition) is 5. The summed E-state index contributed by atoms with van der Waals surface area (Å²) in [6, 6.07) is 0.558. The van der Waals surface area contributed by atoms with Crippen LogP contribution in [0.4, 0.5) is 13.2 Å². The van der Waals surface area contributed by atoms with Crippen molar-refractivity contribution in [1.29, 1.82) is 0 Å². The molecule has 1 aromatic carbocycles. The lowest BCUT2D eigenvalue weighted by Gasteiger charge is -2.17. The molecular weight excluding hydrogens is 356 g/mol. The summed E-state index contributed by atoms with van der Waals surface area (Å²) in [5.41, 5.74) is -2.97. The standard InChI is InChI=1S/C11H5Cl2F3O6/c1-21-9(19)5-6(11(14,15)16)3(12)2-4(13)7(5)22-10(20)8(17)18/h2H,1H3,(H,17,18). The highest BCUT2D eigenvalue weighted by Crippen LogP contribution is 2.44.